The van der Waals surface area contributed by atoms with Crippen molar-refractivity contribution in [2.75, 3.05) is 6.54 Å². The molecule has 0 saturated heterocycles. The molecule has 1 heterocycles. The molecule has 1 saturated carbocycles. The van der Waals surface area contributed by atoms with E-state index in [2.05, 4.69) is 32.7 Å². The van der Waals surface area contributed by atoms with Gasteiger partial charge in [-0.25, -0.2) is 0 Å². The number of hydrogen-bond acceptors (Lipinski definition) is 2. The largest absolute Gasteiger partial charge is 0.312 e. The lowest BCUT2D eigenvalue weighted by Crippen LogP contribution is -2.15. The van der Waals surface area contributed by atoms with Crippen molar-refractivity contribution in [3.8, 4) is 0 Å². The topological polar surface area (TPSA) is 12.0 Å². The summed E-state index contributed by atoms with van der Waals surface area (Å²) in [7, 11) is 0. The van der Waals surface area contributed by atoms with Crippen molar-refractivity contribution in [2.24, 2.45) is 5.92 Å². The van der Waals surface area contributed by atoms with E-state index in [-0.39, 0.29) is 0 Å². The van der Waals surface area contributed by atoms with Gasteiger partial charge in [-0.3, -0.25) is 0 Å². The van der Waals surface area contributed by atoms with Crippen LogP contribution in [0.4, 0.5) is 0 Å². The summed E-state index contributed by atoms with van der Waals surface area (Å²) < 4.78 is 1.20. The van der Waals surface area contributed by atoms with Gasteiger partial charge < -0.3 is 5.32 Å². The van der Waals surface area contributed by atoms with Crippen LogP contribution in [-0.4, -0.2) is 6.54 Å². The van der Waals surface area contributed by atoms with Gasteiger partial charge in [-0.15, -0.1) is 11.3 Å². The lowest BCUT2D eigenvalue weighted by molar-refractivity contribution is 0.643. The summed E-state index contributed by atoms with van der Waals surface area (Å²) in [5, 5.41) is 5.60. The average Bonchev–Trinajstić information content (AvgIpc) is 2.76. The Morgan fingerprint density at radius 1 is 1.58 bits per heavy atom. The first-order chi connectivity index (χ1) is 5.84. The summed E-state index contributed by atoms with van der Waals surface area (Å²) in [5.74, 6) is 0.980. The maximum Gasteiger partial charge on any atom is 0.0300 e. The molecule has 0 spiro atoms. The van der Waals surface area contributed by atoms with Crippen LogP contribution in [-0.2, 0) is 6.54 Å². The average molecular weight is 246 g/mol. The van der Waals surface area contributed by atoms with Crippen molar-refractivity contribution < 1.29 is 0 Å². The van der Waals surface area contributed by atoms with Crippen LogP contribution in [0, 0.1) is 5.92 Å². The van der Waals surface area contributed by atoms with Crippen molar-refractivity contribution in [1.82, 2.24) is 5.32 Å². The number of hydrogen-bond donors (Lipinski definition) is 1. The van der Waals surface area contributed by atoms with Crippen LogP contribution in [0.3, 0.4) is 0 Å². The Kier molecular flexibility index (Phi) is 2.84. The highest BCUT2D eigenvalue weighted by Gasteiger charge is 2.20. The van der Waals surface area contributed by atoms with Crippen LogP contribution < -0.4 is 5.32 Å². The molecule has 3 heteroatoms. The molecule has 0 unspecified atom stereocenters. The van der Waals surface area contributed by atoms with E-state index >= 15 is 0 Å². The molecular formula is C9H12BrNS. The molecule has 1 aliphatic rings. The predicted molar refractivity (Wildman–Crippen MR) is 56.4 cm³/mol. The van der Waals surface area contributed by atoms with E-state index in [1.807, 2.05) is 11.3 Å². The quantitative estimate of drug-likeness (QED) is 0.861. The number of rotatable bonds is 4. The molecule has 1 aromatic heterocycles. The molecule has 1 aliphatic carbocycles. The predicted octanol–water partition coefficient (Wildman–Crippen LogP) is 3.01. The molecule has 1 fully saturated rings. The van der Waals surface area contributed by atoms with E-state index in [0.29, 0.717) is 0 Å². The molecule has 0 bridgehead atoms. The zero-order chi connectivity index (χ0) is 8.39. The molecule has 12 heavy (non-hydrogen) atoms. The second kappa shape index (κ2) is 3.90. The van der Waals surface area contributed by atoms with Gasteiger partial charge in [0.2, 0.25) is 0 Å². The van der Waals surface area contributed by atoms with Gasteiger partial charge in [0.15, 0.2) is 0 Å². The Morgan fingerprint density at radius 3 is 3.00 bits per heavy atom. The lowest BCUT2D eigenvalue weighted by Gasteiger charge is -1.99. The van der Waals surface area contributed by atoms with Gasteiger partial charge in [-0.05, 0) is 47.3 Å². The molecule has 1 N–H and O–H groups in total. The number of thiophene rings is 1. The van der Waals surface area contributed by atoms with Crippen LogP contribution >= 0.6 is 27.3 Å². The molecule has 1 nitrogen and oxygen atoms in total. The van der Waals surface area contributed by atoms with Crippen molar-refractivity contribution in [3.63, 3.8) is 0 Å². The molecule has 0 aliphatic heterocycles. The zero-order valence-corrected chi connectivity index (χ0v) is 9.25. The summed E-state index contributed by atoms with van der Waals surface area (Å²) in [6.45, 7) is 2.24. The highest BCUT2D eigenvalue weighted by molar-refractivity contribution is 9.10. The van der Waals surface area contributed by atoms with Crippen LogP contribution in [0.1, 0.15) is 17.7 Å². The lowest BCUT2D eigenvalue weighted by atomic mass is 10.4. The van der Waals surface area contributed by atoms with Gasteiger partial charge in [-0.1, -0.05) is 0 Å². The fourth-order valence-corrected chi connectivity index (χ4v) is 2.59. The zero-order valence-electron chi connectivity index (χ0n) is 6.85. The van der Waals surface area contributed by atoms with Gasteiger partial charge in [0.1, 0.15) is 0 Å². The first kappa shape index (κ1) is 8.73. The maximum atomic E-state index is 3.47. The van der Waals surface area contributed by atoms with E-state index in [1.54, 1.807) is 0 Å². The van der Waals surface area contributed by atoms with Gasteiger partial charge in [-0.2, -0.15) is 0 Å². The molecule has 0 amide bonds. The summed E-state index contributed by atoms with van der Waals surface area (Å²) in [6, 6.07) is 2.19. The van der Waals surface area contributed by atoms with E-state index in [4.69, 9.17) is 0 Å². The van der Waals surface area contributed by atoms with Crippen LogP contribution in [0.5, 0.6) is 0 Å². The molecule has 0 aromatic carbocycles. The third-order valence-electron chi connectivity index (χ3n) is 2.05. The monoisotopic (exact) mass is 245 g/mol. The van der Waals surface area contributed by atoms with Crippen LogP contribution in [0.2, 0.25) is 0 Å². The molecule has 2 rings (SSSR count). The van der Waals surface area contributed by atoms with E-state index in [9.17, 15) is 0 Å². The Labute approximate surface area is 85.3 Å². The highest BCUT2D eigenvalue weighted by Crippen LogP contribution is 2.27. The summed E-state index contributed by atoms with van der Waals surface area (Å²) in [5.41, 5.74) is 0. The molecule has 1 aromatic rings. The minimum atomic E-state index is 0.980. The Hall–Kier alpha value is 0.140. The van der Waals surface area contributed by atoms with Crippen LogP contribution in [0.15, 0.2) is 15.9 Å². The van der Waals surface area contributed by atoms with Crippen LogP contribution in [0.25, 0.3) is 0 Å². The molecular weight excluding hydrogens is 234 g/mol. The summed E-state index contributed by atoms with van der Waals surface area (Å²) >= 11 is 5.26. The smallest absolute Gasteiger partial charge is 0.0300 e. The van der Waals surface area contributed by atoms with Crippen molar-refractivity contribution in [2.45, 2.75) is 19.4 Å². The minimum absolute atomic E-state index is 0.980. The summed E-state index contributed by atoms with van der Waals surface area (Å²) in [6.07, 6.45) is 2.86. The van der Waals surface area contributed by atoms with Gasteiger partial charge in [0.25, 0.3) is 0 Å². The maximum absolute atomic E-state index is 3.47. The minimum Gasteiger partial charge on any atom is -0.312 e. The first-order valence-corrected chi connectivity index (χ1v) is 5.95. The van der Waals surface area contributed by atoms with Crippen molar-refractivity contribution >= 4 is 27.3 Å². The normalized spacial score (nSPS) is 16.8. The number of halogens is 1. The van der Waals surface area contributed by atoms with Crippen molar-refractivity contribution in [3.05, 3.63) is 20.8 Å². The second-order valence-electron chi connectivity index (χ2n) is 3.31. The highest BCUT2D eigenvalue weighted by atomic mass is 79.9. The van der Waals surface area contributed by atoms with E-state index in [1.165, 1.54) is 28.7 Å². The fourth-order valence-electron chi connectivity index (χ4n) is 1.17. The Balaban J connectivity index is 1.71. The molecule has 0 atom stereocenters. The second-order valence-corrected chi connectivity index (χ2v) is 5.22. The van der Waals surface area contributed by atoms with Gasteiger partial charge in [0.05, 0.1) is 0 Å². The van der Waals surface area contributed by atoms with E-state index in [0.717, 1.165) is 12.5 Å². The fraction of sp³-hybridized carbons (Fsp3) is 0.556. The van der Waals surface area contributed by atoms with Crippen molar-refractivity contribution in [1.29, 1.82) is 0 Å². The Bertz CT molecular complexity index is 255. The number of nitrogens with one attached hydrogen (secondary N) is 1. The summed E-state index contributed by atoms with van der Waals surface area (Å²) in [4.78, 5) is 1.42. The third kappa shape index (κ3) is 2.57. The van der Waals surface area contributed by atoms with E-state index < -0.39 is 0 Å². The molecule has 0 radical (unpaired) electrons. The van der Waals surface area contributed by atoms with Gasteiger partial charge >= 0.3 is 0 Å². The Morgan fingerprint density at radius 2 is 2.42 bits per heavy atom. The first-order valence-electron chi connectivity index (χ1n) is 4.28. The third-order valence-corrected chi connectivity index (χ3v) is 3.75. The SMILES string of the molecule is Brc1csc(CNCC2CC2)c1. The standard InChI is InChI=1S/C9H12BrNS/c10-8-3-9(12-6-8)5-11-4-7-1-2-7/h3,6-7,11H,1-2,4-5H2. The van der Waals surface area contributed by atoms with Gasteiger partial charge in [0, 0.05) is 21.3 Å². The molecule has 66 valence electrons.